The maximum Gasteiger partial charge on any atom is 0.246 e. The van der Waals surface area contributed by atoms with Crippen LogP contribution in [0.1, 0.15) is 12.5 Å². The molecule has 1 unspecified atom stereocenters. The van der Waals surface area contributed by atoms with Crippen LogP contribution < -0.4 is 15.0 Å². The van der Waals surface area contributed by atoms with Gasteiger partial charge in [0, 0.05) is 10.6 Å². The number of ether oxygens (including phenoxy) is 1. The molecule has 1 aliphatic rings. The Balaban J connectivity index is 1.74. The third-order valence-corrected chi connectivity index (χ3v) is 5.60. The highest BCUT2D eigenvalue weighted by molar-refractivity contribution is 7.80. The van der Waals surface area contributed by atoms with Crippen molar-refractivity contribution >= 4 is 57.2 Å². The molecule has 3 aromatic carbocycles. The number of amides is 2. The molecule has 5 nitrogen and oxygen atoms in total. The van der Waals surface area contributed by atoms with Crippen molar-refractivity contribution in [1.29, 1.82) is 0 Å². The largest absolute Gasteiger partial charge is 0.494 e. The summed E-state index contributed by atoms with van der Waals surface area (Å²) in [6, 6.07) is 18.5. The molecule has 0 spiro atoms. The standard InChI is InChI=1S/C23H19ClN2O3S/c1-2-29-20-12-7-14-5-3-4-6-17(14)18(20)13-19-21(27)25-23(30)26(22(19)28)16-10-8-15(24)9-11-16/h3-12,19H,2,13H2,1H3,(H,25,27,30). The minimum Gasteiger partial charge on any atom is -0.494 e. The summed E-state index contributed by atoms with van der Waals surface area (Å²) in [5, 5.41) is 5.25. The van der Waals surface area contributed by atoms with Gasteiger partial charge in [0.15, 0.2) is 5.11 Å². The number of fused-ring (bicyclic) bond motifs is 1. The van der Waals surface area contributed by atoms with Crippen molar-refractivity contribution in [2.24, 2.45) is 5.92 Å². The first-order chi connectivity index (χ1) is 14.5. The fraction of sp³-hybridized carbons (Fsp3) is 0.174. The van der Waals surface area contributed by atoms with Crippen LogP contribution in [0.15, 0.2) is 60.7 Å². The van der Waals surface area contributed by atoms with Crippen LogP contribution in [0.25, 0.3) is 10.8 Å². The van der Waals surface area contributed by atoms with Gasteiger partial charge >= 0.3 is 0 Å². The Labute approximate surface area is 184 Å². The molecule has 0 radical (unpaired) electrons. The zero-order chi connectivity index (χ0) is 21.3. The number of hydrogen-bond donors (Lipinski definition) is 1. The Hall–Kier alpha value is -2.96. The Kier molecular flexibility index (Phi) is 5.70. The van der Waals surface area contributed by atoms with Gasteiger partial charge in [0.1, 0.15) is 11.7 Å². The number of nitrogens with one attached hydrogen (secondary N) is 1. The molecule has 1 atom stereocenters. The first kappa shape index (κ1) is 20.3. The molecule has 1 N–H and O–H groups in total. The molecule has 0 bridgehead atoms. The average molecular weight is 439 g/mol. The van der Waals surface area contributed by atoms with E-state index in [0.717, 1.165) is 16.3 Å². The highest BCUT2D eigenvalue weighted by Gasteiger charge is 2.40. The SMILES string of the molecule is CCOc1ccc2ccccc2c1CC1C(=O)NC(=S)N(c2ccc(Cl)cc2)C1=O. The van der Waals surface area contributed by atoms with Crippen LogP contribution in [0.5, 0.6) is 5.75 Å². The summed E-state index contributed by atoms with van der Waals surface area (Å²) in [5.74, 6) is -1.05. The van der Waals surface area contributed by atoms with Crippen LogP contribution in [0.3, 0.4) is 0 Å². The fourth-order valence-electron chi connectivity index (χ4n) is 3.65. The number of halogens is 1. The van der Waals surface area contributed by atoms with Crippen molar-refractivity contribution in [3.05, 3.63) is 71.2 Å². The summed E-state index contributed by atoms with van der Waals surface area (Å²) in [5.41, 5.74) is 1.38. The minimum atomic E-state index is -0.933. The highest BCUT2D eigenvalue weighted by Crippen LogP contribution is 2.32. The number of nitrogens with zero attached hydrogens (tertiary/aromatic N) is 1. The highest BCUT2D eigenvalue weighted by atomic mass is 35.5. The van der Waals surface area contributed by atoms with Crippen molar-refractivity contribution in [2.75, 3.05) is 11.5 Å². The number of rotatable bonds is 5. The molecular formula is C23H19ClN2O3S. The molecule has 1 saturated heterocycles. The lowest BCUT2D eigenvalue weighted by molar-refractivity contribution is -0.133. The summed E-state index contributed by atoms with van der Waals surface area (Å²) in [4.78, 5) is 27.4. The second kappa shape index (κ2) is 8.42. The molecule has 152 valence electrons. The van der Waals surface area contributed by atoms with E-state index in [1.54, 1.807) is 24.3 Å². The van der Waals surface area contributed by atoms with Crippen LogP contribution in [0.2, 0.25) is 5.02 Å². The van der Waals surface area contributed by atoms with Crippen LogP contribution in [0.4, 0.5) is 5.69 Å². The normalized spacial score (nSPS) is 16.7. The van der Waals surface area contributed by atoms with E-state index >= 15 is 0 Å². The molecule has 30 heavy (non-hydrogen) atoms. The predicted molar refractivity (Wildman–Crippen MR) is 122 cm³/mol. The van der Waals surface area contributed by atoms with Crippen molar-refractivity contribution in [1.82, 2.24) is 5.32 Å². The summed E-state index contributed by atoms with van der Waals surface area (Å²) in [7, 11) is 0. The van der Waals surface area contributed by atoms with E-state index in [2.05, 4.69) is 5.32 Å². The molecular weight excluding hydrogens is 420 g/mol. The van der Waals surface area contributed by atoms with Crippen LogP contribution >= 0.6 is 23.8 Å². The molecule has 7 heteroatoms. The molecule has 0 aromatic heterocycles. The maximum absolute atomic E-state index is 13.3. The van der Waals surface area contributed by atoms with Gasteiger partial charge in [-0.15, -0.1) is 0 Å². The van der Waals surface area contributed by atoms with Gasteiger partial charge in [-0.25, -0.2) is 0 Å². The van der Waals surface area contributed by atoms with Crippen molar-refractivity contribution in [3.8, 4) is 5.75 Å². The first-order valence-corrected chi connectivity index (χ1v) is 10.4. The second-order valence-electron chi connectivity index (χ2n) is 6.90. The zero-order valence-corrected chi connectivity index (χ0v) is 17.8. The zero-order valence-electron chi connectivity index (χ0n) is 16.2. The van der Waals surface area contributed by atoms with E-state index in [4.69, 9.17) is 28.6 Å². The van der Waals surface area contributed by atoms with E-state index in [0.29, 0.717) is 23.1 Å². The lowest BCUT2D eigenvalue weighted by atomic mass is 9.91. The summed E-state index contributed by atoms with van der Waals surface area (Å²) in [6.07, 6.45) is 0.202. The number of carbonyl (C=O) groups is 2. The molecule has 0 aliphatic carbocycles. The topological polar surface area (TPSA) is 58.6 Å². The third-order valence-electron chi connectivity index (χ3n) is 5.06. The number of carbonyl (C=O) groups excluding carboxylic acids is 2. The number of benzene rings is 3. The summed E-state index contributed by atoms with van der Waals surface area (Å²) >= 11 is 11.2. The molecule has 1 heterocycles. The lowest BCUT2D eigenvalue weighted by Crippen LogP contribution is -2.58. The lowest BCUT2D eigenvalue weighted by Gasteiger charge is -2.32. The summed E-state index contributed by atoms with van der Waals surface area (Å²) in [6.45, 7) is 2.38. The van der Waals surface area contributed by atoms with Crippen LogP contribution in [-0.2, 0) is 16.0 Å². The van der Waals surface area contributed by atoms with E-state index in [-0.39, 0.29) is 17.4 Å². The maximum atomic E-state index is 13.3. The van der Waals surface area contributed by atoms with Crippen molar-refractivity contribution < 1.29 is 14.3 Å². The van der Waals surface area contributed by atoms with Gasteiger partial charge in [-0.2, -0.15) is 0 Å². The molecule has 0 saturated carbocycles. The number of anilines is 1. The second-order valence-corrected chi connectivity index (χ2v) is 7.72. The molecule has 1 aliphatic heterocycles. The number of hydrogen-bond acceptors (Lipinski definition) is 4. The van der Waals surface area contributed by atoms with E-state index in [1.165, 1.54) is 4.90 Å². The molecule has 2 amide bonds. The van der Waals surface area contributed by atoms with Gasteiger partial charge in [-0.05, 0) is 66.7 Å². The Bertz CT molecular complexity index is 1150. The van der Waals surface area contributed by atoms with Gasteiger partial charge < -0.3 is 10.1 Å². The first-order valence-electron chi connectivity index (χ1n) is 9.57. The molecule has 4 rings (SSSR count). The van der Waals surface area contributed by atoms with E-state index in [1.807, 2.05) is 43.3 Å². The van der Waals surface area contributed by atoms with Gasteiger partial charge in [-0.3, -0.25) is 14.5 Å². The van der Waals surface area contributed by atoms with Gasteiger partial charge in [0.25, 0.3) is 0 Å². The molecule has 1 fully saturated rings. The van der Waals surface area contributed by atoms with Crippen molar-refractivity contribution in [2.45, 2.75) is 13.3 Å². The fourth-order valence-corrected chi connectivity index (χ4v) is 4.07. The average Bonchev–Trinajstić information content (AvgIpc) is 2.73. The third kappa shape index (κ3) is 3.76. The predicted octanol–water partition coefficient (Wildman–Crippen LogP) is 4.50. The number of thiocarbonyl (C=S) groups is 1. The smallest absolute Gasteiger partial charge is 0.246 e. The monoisotopic (exact) mass is 438 g/mol. The van der Waals surface area contributed by atoms with Gasteiger partial charge in [0.05, 0.1) is 12.3 Å². The van der Waals surface area contributed by atoms with E-state index < -0.39 is 11.8 Å². The van der Waals surface area contributed by atoms with Crippen LogP contribution in [-0.4, -0.2) is 23.5 Å². The summed E-state index contributed by atoms with van der Waals surface area (Å²) < 4.78 is 5.81. The quantitative estimate of drug-likeness (QED) is 0.470. The Morgan fingerprint density at radius 1 is 1.07 bits per heavy atom. The van der Waals surface area contributed by atoms with Crippen LogP contribution in [0, 0.1) is 5.92 Å². The Morgan fingerprint density at radius 2 is 1.80 bits per heavy atom. The molecule has 3 aromatic rings. The van der Waals surface area contributed by atoms with Crippen molar-refractivity contribution in [3.63, 3.8) is 0 Å². The van der Waals surface area contributed by atoms with Gasteiger partial charge in [0.2, 0.25) is 11.8 Å². The van der Waals surface area contributed by atoms with Gasteiger partial charge in [-0.1, -0.05) is 41.9 Å². The minimum absolute atomic E-state index is 0.0616. The Morgan fingerprint density at radius 3 is 2.53 bits per heavy atom. The van der Waals surface area contributed by atoms with E-state index in [9.17, 15) is 9.59 Å².